The van der Waals surface area contributed by atoms with Crippen LogP contribution in [0.3, 0.4) is 0 Å². The lowest BCUT2D eigenvalue weighted by Gasteiger charge is -2.09. The van der Waals surface area contributed by atoms with E-state index in [9.17, 15) is 22.8 Å². The first-order valence-corrected chi connectivity index (χ1v) is 7.94. The van der Waals surface area contributed by atoms with Gasteiger partial charge in [-0.2, -0.15) is 13.2 Å². The van der Waals surface area contributed by atoms with Crippen molar-refractivity contribution in [1.82, 2.24) is 10.6 Å². The number of nitrogens with one attached hydrogen (secondary N) is 2. The topological polar surface area (TPSA) is 76.7 Å². The Hall–Kier alpha value is -2.10. The normalized spacial score (nSPS) is 10.8. The van der Waals surface area contributed by atoms with Crippen molar-refractivity contribution in [2.45, 2.75) is 6.18 Å². The van der Waals surface area contributed by atoms with Crippen molar-refractivity contribution in [3.63, 3.8) is 0 Å². The Morgan fingerprint density at radius 1 is 1.17 bits per heavy atom. The molecule has 0 spiro atoms. The molecule has 0 saturated carbocycles. The van der Waals surface area contributed by atoms with Crippen molar-refractivity contribution in [2.24, 2.45) is 0 Å². The van der Waals surface area contributed by atoms with E-state index in [1.165, 1.54) is 11.8 Å². The summed E-state index contributed by atoms with van der Waals surface area (Å²) in [6.07, 6.45) is -4.52. The van der Waals surface area contributed by atoms with Gasteiger partial charge in [0.2, 0.25) is 5.91 Å². The van der Waals surface area contributed by atoms with Gasteiger partial charge < -0.3 is 14.8 Å². The van der Waals surface area contributed by atoms with Gasteiger partial charge in [-0.1, -0.05) is 0 Å². The molecule has 0 aliphatic carbocycles. The number of alkyl halides is 3. The van der Waals surface area contributed by atoms with Crippen LogP contribution in [0, 0.1) is 0 Å². The first-order chi connectivity index (χ1) is 11.3. The highest BCUT2D eigenvalue weighted by atomic mass is 32.2. The molecule has 1 aromatic rings. The van der Waals surface area contributed by atoms with Crippen LogP contribution in [0.15, 0.2) is 24.3 Å². The first kappa shape index (κ1) is 19.9. The fourth-order valence-electron chi connectivity index (χ4n) is 1.44. The number of benzene rings is 1. The van der Waals surface area contributed by atoms with Crippen molar-refractivity contribution in [3.05, 3.63) is 24.3 Å². The summed E-state index contributed by atoms with van der Waals surface area (Å²) in [6, 6.07) is 5.79. The molecule has 3 amide bonds. The predicted octanol–water partition coefficient (Wildman–Crippen LogP) is 2.20. The number of imide groups is 1. The van der Waals surface area contributed by atoms with E-state index in [4.69, 9.17) is 9.47 Å². The molecule has 134 valence electrons. The third kappa shape index (κ3) is 9.13. The molecule has 0 aromatic heterocycles. The number of urea groups is 1. The average molecular weight is 366 g/mol. The van der Waals surface area contributed by atoms with Crippen molar-refractivity contribution < 1.29 is 32.2 Å². The maximum atomic E-state index is 11.9. The van der Waals surface area contributed by atoms with E-state index in [1.807, 2.05) is 5.32 Å². The molecule has 2 N–H and O–H groups in total. The van der Waals surface area contributed by atoms with Gasteiger partial charge in [0.1, 0.15) is 18.0 Å². The van der Waals surface area contributed by atoms with Gasteiger partial charge in [0.15, 0.2) is 0 Å². The van der Waals surface area contributed by atoms with Crippen LogP contribution in [0.1, 0.15) is 0 Å². The van der Waals surface area contributed by atoms with Gasteiger partial charge >= 0.3 is 12.2 Å². The SMILES string of the molecule is COc1ccc(OCCSCC(=O)NC(=O)NCC(F)(F)F)cc1. The molecular formula is C14H17F3N2O4S. The second-order valence-corrected chi connectivity index (χ2v) is 5.53. The largest absolute Gasteiger partial charge is 0.497 e. The number of halogens is 3. The number of amides is 3. The number of thioether (sulfide) groups is 1. The number of rotatable bonds is 8. The third-order valence-electron chi connectivity index (χ3n) is 2.49. The zero-order chi connectivity index (χ0) is 18.0. The van der Waals surface area contributed by atoms with E-state index in [0.717, 1.165) is 0 Å². The van der Waals surface area contributed by atoms with E-state index in [0.29, 0.717) is 23.9 Å². The molecule has 0 aliphatic rings. The summed E-state index contributed by atoms with van der Waals surface area (Å²) in [5.41, 5.74) is 0. The van der Waals surface area contributed by atoms with Crippen LogP contribution in [0.4, 0.5) is 18.0 Å². The van der Waals surface area contributed by atoms with E-state index >= 15 is 0 Å². The van der Waals surface area contributed by atoms with Gasteiger partial charge in [-0.3, -0.25) is 10.1 Å². The Labute approximate surface area is 141 Å². The Kier molecular flexibility index (Phi) is 8.24. The number of hydrogen-bond donors (Lipinski definition) is 2. The summed E-state index contributed by atoms with van der Waals surface area (Å²) < 4.78 is 46.1. The zero-order valence-electron chi connectivity index (χ0n) is 12.8. The molecule has 0 unspecified atom stereocenters. The Morgan fingerprint density at radius 2 is 1.79 bits per heavy atom. The van der Waals surface area contributed by atoms with Crippen LogP contribution in [0.5, 0.6) is 11.5 Å². The van der Waals surface area contributed by atoms with E-state index in [1.54, 1.807) is 36.7 Å². The second-order valence-electron chi connectivity index (χ2n) is 4.42. The van der Waals surface area contributed by atoms with Crippen LogP contribution >= 0.6 is 11.8 Å². The molecule has 0 aliphatic heterocycles. The highest BCUT2D eigenvalue weighted by Gasteiger charge is 2.27. The van der Waals surface area contributed by atoms with E-state index < -0.39 is 24.7 Å². The molecule has 1 aromatic carbocycles. The summed E-state index contributed by atoms with van der Waals surface area (Å²) in [7, 11) is 1.56. The van der Waals surface area contributed by atoms with E-state index in [2.05, 4.69) is 0 Å². The van der Waals surface area contributed by atoms with Crippen molar-refractivity contribution >= 4 is 23.7 Å². The van der Waals surface area contributed by atoms with Crippen LogP contribution in [-0.2, 0) is 4.79 Å². The second kappa shape index (κ2) is 9.91. The van der Waals surface area contributed by atoms with Gasteiger partial charge in [0.25, 0.3) is 0 Å². The molecule has 0 heterocycles. The molecule has 6 nitrogen and oxygen atoms in total. The minimum absolute atomic E-state index is 0.0641. The average Bonchev–Trinajstić information content (AvgIpc) is 2.52. The van der Waals surface area contributed by atoms with Crippen LogP contribution in [0.25, 0.3) is 0 Å². The molecular weight excluding hydrogens is 349 g/mol. The summed E-state index contributed by atoms with van der Waals surface area (Å²) in [4.78, 5) is 22.4. The maximum Gasteiger partial charge on any atom is 0.405 e. The molecule has 0 fully saturated rings. The van der Waals surface area contributed by atoms with Gasteiger partial charge in [-0.25, -0.2) is 4.79 Å². The third-order valence-corrected chi connectivity index (χ3v) is 3.41. The Bertz CT molecular complexity index is 538. The quantitative estimate of drug-likeness (QED) is 0.690. The van der Waals surface area contributed by atoms with Gasteiger partial charge in [-0.15, -0.1) is 11.8 Å². The maximum absolute atomic E-state index is 11.9. The van der Waals surface area contributed by atoms with Crippen LogP contribution in [0.2, 0.25) is 0 Å². The summed E-state index contributed by atoms with van der Waals surface area (Å²) in [6.45, 7) is -1.15. The molecule has 0 saturated heterocycles. The fraction of sp³-hybridized carbons (Fsp3) is 0.429. The van der Waals surface area contributed by atoms with Crippen molar-refractivity contribution in [2.75, 3.05) is 31.8 Å². The van der Waals surface area contributed by atoms with Gasteiger partial charge in [0.05, 0.1) is 19.5 Å². The number of carbonyl (C=O) groups excluding carboxylic acids is 2. The minimum atomic E-state index is -4.52. The van der Waals surface area contributed by atoms with Gasteiger partial charge in [0, 0.05) is 5.75 Å². The monoisotopic (exact) mass is 366 g/mol. The Balaban J connectivity index is 2.11. The summed E-state index contributed by atoms with van der Waals surface area (Å²) in [5, 5.41) is 3.36. The van der Waals surface area contributed by atoms with Crippen molar-refractivity contribution in [1.29, 1.82) is 0 Å². The van der Waals surface area contributed by atoms with Gasteiger partial charge in [-0.05, 0) is 24.3 Å². The molecule has 0 radical (unpaired) electrons. The number of ether oxygens (including phenoxy) is 2. The van der Waals surface area contributed by atoms with Crippen molar-refractivity contribution in [3.8, 4) is 11.5 Å². The van der Waals surface area contributed by atoms with E-state index in [-0.39, 0.29) is 5.75 Å². The lowest BCUT2D eigenvalue weighted by atomic mass is 10.3. The minimum Gasteiger partial charge on any atom is -0.497 e. The highest BCUT2D eigenvalue weighted by Crippen LogP contribution is 2.17. The number of methoxy groups -OCH3 is 1. The number of carbonyl (C=O) groups is 2. The summed E-state index contributed by atoms with van der Waals surface area (Å²) in [5.74, 6) is 1.09. The number of hydrogen-bond acceptors (Lipinski definition) is 5. The molecule has 1 rings (SSSR count). The predicted molar refractivity (Wildman–Crippen MR) is 83.4 cm³/mol. The first-order valence-electron chi connectivity index (χ1n) is 6.79. The van der Waals surface area contributed by atoms with Crippen LogP contribution in [-0.4, -0.2) is 49.9 Å². The lowest BCUT2D eigenvalue weighted by molar-refractivity contribution is -0.124. The highest BCUT2D eigenvalue weighted by molar-refractivity contribution is 7.99. The molecule has 24 heavy (non-hydrogen) atoms. The molecule has 0 bridgehead atoms. The smallest absolute Gasteiger partial charge is 0.405 e. The fourth-order valence-corrected chi connectivity index (χ4v) is 2.05. The zero-order valence-corrected chi connectivity index (χ0v) is 13.6. The lowest BCUT2D eigenvalue weighted by Crippen LogP contribution is -2.44. The standard InChI is InChI=1S/C14H17F3N2O4S/c1-22-10-2-4-11(5-3-10)23-6-7-24-8-12(20)19-13(21)18-9-14(15,16)17/h2-5H,6-9H2,1H3,(H2,18,19,20,21). The molecule has 10 heteroatoms. The van der Waals surface area contributed by atoms with Crippen LogP contribution < -0.4 is 20.1 Å². The summed E-state index contributed by atoms with van der Waals surface area (Å²) >= 11 is 1.19. The molecule has 0 atom stereocenters. The Morgan fingerprint density at radius 3 is 2.38 bits per heavy atom.